The van der Waals surface area contributed by atoms with Gasteiger partial charge in [-0.15, -0.1) is 0 Å². The Morgan fingerprint density at radius 2 is 2.00 bits per heavy atom. The van der Waals surface area contributed by atoms with Crippen molar-refractivity contribution in [3.8, 4) is 11.5 Å². The van der Waals surface area contributed by atoms with Gasteiger partial charge in [0.25, 0.3) is 0 Å². The van der Waals surface area contributed by atoms with Crippen molar-refractivity contribution in [3.05, 3.63) is 46.3 Å². The lowest BCUT2D eigenvalue weighted by Gasteiger charge is -2.10. The maximum Gasteiger partial charge on any atom is 0.344 e. The molecule has 0 radical (unpaired) electrons. The molecule has 21 heavy (non-hydrogen) atoms. The van der Waals surface area contributed by atoms with Crippen molar-refractivity contribution in [1.82, 2.24) is 0 Å². The largest absolute Gasteiger partial charge is 0.504 e. The number of methoxy groups -OCH3 is 1. The van der Waals surface area contributed by atoms with E-state index < -0.39 is 5.63 Å². The first-order valence-corrected chi connectivity index (χ1v) is 6.52. The third-order valence-electron chi connectivity index (χ3n) is 3.52. The molecule has 0 saturated heterocycles. The molecule has 0 aliphatic carbocycles. The number of benzene rings is 2. The highest BCUT2D eigenvalue weighted by atomic mass is 16.5. The summed E-state index contributed by atoms with van der Waals surface area (Å²) in [6.45, 7) is -0.0461. The minimum Gasteiger partial charge on any atom is -0.504 e. The maximum atomic E-state index is 12.3. The Balaban J connectivity index is 2.51. The van der Waals surface area contributed by atoms with E-state index in [2.05, 4.69) is 0 Å². The van der Waals surface area contributed by atoms with Crippen LogP contribution in [0.1, 0.15) is 5.56 Å². The molecule has 0 unspecified atom stereocenters. The molecular formula is C16H14O5. The van der Waals surface area contributed by atoms with E-state index in [4.69, 9.17) is 14.3 Å². The standard InChI is InChI=1S/C16H14O5/c1-20-15-12(18)6-5-11-10-4-2-3-9(7-8-17)13(10)16(19)21-14(11)15/h2-6,17-18H,7-8H2,1H3. The zero-order chi connectivity index (χ0) is 15.0. The Hall–Kier alpha value is -2.53. The SMILES string of the molecule is COc1c(O)ccc2c1oc(=O)c1c(CCO)cccc12. The molecule has 5 nitrogen and oxygen atoms in total. The van der Waals surface area contributed by atoms with E-state index in [0.717, 1.165) is 5.56 Å². The molecule has 0 aliphatic rings. The van der Waals surface area contributed by atoms with Crippen molar-refractivity contribution in [1.29, 1.82) is 0 Å². The van der Waals surface area contributed by atoms with Crippen LogP contribution < -0.4 is 10.4 Å². The number of phenolic OH excluding ortho intramolecular Hbond substituents is 1. The minimum absolute atomic E-state index is 0.0461. The van der Waals surface area contributed by atoms with Crippen LogP contribution in [0.3, 0.4) is 0 Å². The zero-order valence-corrected chi connectivity index (χ0v) is 11.4. The summed E-state index contributed by atoms with van der Waals surface area (Å²) in [6.07, 6.45) is 0.378. The van der Waals surface area contributed by atoms with E-state index >= 15 is 0 Å². The smallest absolute Gasteiger partial charge is 0.344 e. The number of hydrogen-bond donors (Lipinski definition) is 2. The van der Waals surface area contributed by atoms with E-state index in [1.54, 1.807) is 12.1 Å². The molecule has 3 aromatic rings. The normalized spacial score (nSPS) is 11.1. The topological polar surface area (TPSA) is 79.9 Å². The Kier molecular flexibility index (Phi) is 3.27. The van der Waals surface area contributed by atoms with Crippen LogP contribution in [-0.4, -0.2) is 23.9 Å². The average Bonchev–Trinajstić information content (AvgIpc) is 2.47. The highest BCUT2D eigenvalue weighted by Crippen LogP contribution is 2.37. The van der Waals surface area contributed by atoms with Crippen LogP contribution in [0, 0.1) is 0 Å². The summed E-state index contributed by atoms with van der Waals surface area (Å²) < 4.78 is 10.5. The molecule has 1 heterocycles. The Morgan fingerprint density at radius 3 is 2.71 bits per heavy atom. The van der Waals surface area contributed by atoms with Gasteiger partial charge in [0.05, 0.1) is 12.5 Å². The number of phenols is 1. The lowest BCUT2D eigenvalue weighted by molar-refractivity contribution is 0.300. The predicted octanol–water partition coefficient (Wildman–Crippen LogP) is 2.20. The number of fused-ring (bicyclic) bond motifs is 3. The van der Waals surface area contributed by atoms with E-state index in [-0.39, 0.29) is 23.7 Å². The summed E-state index contributed by atoms with van der Waals surface area (Å²) in [5, 5.41) is 20.8. The molecule has 0 amide bonds. The maximum absolute atomic E-state index is 12.3. The van der Waals surface area contributed by atoms with Gasteiger partial charge in [-0.2, -0.15) is 0 Å². The molecule has 2 aromatic carbocycles. The fourth-order valence-electron chi connectivity index (χ4n) is 2.60. The van der Waals surface area contributed by atoms with Crippen LogP contribution in [0.5, 0.6) is 11.5 Å². The third-order valence-corrected chi connectivity index (χ3v) is 3.52. The van der Waals surface area contributed by atoms with Crippen molar-refractivity contribution in [3.63, 3.8) is 0 Å². The fraction of sp³-hybridized carbons (Fsp3) is 0.188. The highest BCUT2D eigenvalue weighted by Gasteiger charge is 2.16. The predicted molar refractivity (Wildman–Crippen MR) is 79.0 cm³/mol. The number of hydrogen-bond acceptors (Lipinski definition) is 5. The lowest BCUT2D eigenvalue weighted by atomic mass is 10.0. The molecule has 2 N–H and O–H groups in total. The van der Waals surface area contributed by atoms with Crippen molar-refractivity contribution in [2.75, 3.05) is 13.7 Å². The molecular weight excluding hydrogens is 272 g/mol. The van der Waals surface area contributed by atoms with Crippen molar-refractivity contribution in [2.24, 2.45) is 0 Å². The van der Waals surface area contributed by atoms with Crippen LogP contribution in [0.25, 0.3) is 21.7 Å². The molecule has 108 valence electrons. The fourth-order valence-corrected chi connectivity index (χ4v) is 2.60. The first kappa shape index (κ1) is 13.5. The molecule has 0 spiro atoms. The monoisotopic (exact) mass is 286 g/mol. The summed E-state index contributed by atoms with van der Waals surface area (Å²) >= 11 is 0. The second-order valence-corrected chi connectivity index (χ2v) is 4.70. The van der Waals surface area contributed by atoms with E-state index in [1.165, 1.54) is 13.2 Å². The third kappa shape index (κ3) is 2.02. The lowest BCUT2D eigenvalue weighted by Crippen LogP contribution is -2.05. The average molecular weight is 286 g/mol. The zero-order valence-electron chi connectivity index (χ0n) is 11.4. The Labute approximate surface area is 120 Å². The van der Waals surface area contributed by atoms with Crippen LogP contribution in [0.2, 0.25) is 0 Å². The molecule has 0 saturated carbocycles. The molecule has 0 fully saturated rings. The van der Waals surface area contributed by atoms with Gasteiger partial charge in [0.1, 0.15) is 0 Å². The summed E-state index contributed by atoms with van der Waals surface area (Å²) in [7, 11) is 1.40. The quantitative estimate of drug-likeness (QED) is 0.570. The van der Waals surface area contributed by atoms with Crippen molar-refractivity contribution in [2.45, 2.75) is 6.42 Å². The van der Waals surface area contributed by atoms with Gasteiger partial charge in [-0.05, 0) is 24.1 Å². The van der Waals surface area contributed by atoms with Crippen LogP contribution in [0.15, 0.2) is 39.5 Å². The highest BCUT2D eigenvalue weighted by molar-refractivity contribution is 6.07. The number of aliphatic hydroxyl groups is 1. The molecule has 0 bridgehead atoms. The number of aliphatic hydroxyl groups excluding tert-OH is 1. The molecule has 3 rings (SSSR count). The van der Waals surface area contributed by atoms with Crippen LogP contribution in [0.4, 0.5) is 0 Å². The molecule has 0 atom stereocenters. The van der Waals surface area contributed by atoms with Gasteiger partial charge in [-0.3, -0.25) is 0 Å². The van der Waals surface area contributed by atoms with Gasteiger partial charge in [-0.1, -0.05) is 18.2 Å². The van der Waals surface area contributed by atoms with Gasteiger partial charge in [0.15, 0.2) is 11.3 Å². The number of aromatic hydroxyl groups is 1. The Morgan fingerprint density at radius 1 is 1.19 bits per heavy atom. The van der Waals surface area contributed by atoms with E-state index in [0.29, 0.717) is 22.6 Å². The Bertz CT molecular complexity index is 879. The summed E-state index contributed by atoms with van der Waals surface area (Å²) in [6, 6.07) is 8.61. The first-order valence-electron chi connectivity index (χ1n) is 6.52. The van der Waals surface area contributed by atoms with Gasteiger partial charge in [0, 0.05) is 17.4 Å². The van der Waals surface area contributed by atoms with Crippen LogP contribution in [-0.2, 0) is 6.42 Å². The second kappa shape index (κ2) is 5.10. The van der Waals surface area contributed by atoms with E-state index in [1.807, 2.05) is 12.1 Å². The van der Waals surface area contributed by atoms with Crippen LogP contribution >= 0.6 is 0 Å². The van der Waals surface area contributed by atoms with Gasteiger partial charge < -0.3 is 19.4 Å². The second-order valence-electron chi connectivity index (χ2n) is 4.70. The minimum atomic E-state index is -0.509. The molecule has 0 aliphatic heterocycles. The van der Waals surface area contributed by atoms with E-state index in [9.17, 15) is 9.90 Å². The number of rotatable bonds is 3. The molecule has 5 heteroatoms. The van der Waals surface area contributed by atoms with Crippen molar-refractivity contribution < 1.29 is 19.4 Å². The summed E-state index contributed by atoms with van der Waals surface area (Å²) in [5.41, 5.74) is 0.444. The summed E-state index contributed by atoms with van der Waals surface area (Å²) in [5.74, 6) is 0.0538. The van der Waals surface area contributed by atoms with Gasteiger partial charge in [0.2, 0.25) is 5.75 Å². The number of ether oxygens (including phenoxy) is 1. The van der Waals surface area contributed by atoms with Crippen molar-refractivity contribution >= 4 is 21.7 Å². The molecule has 1 aromatic heterocycles. The first-order chi connectivity index (χ1) is 10.2. The van der Waals surface area contributed by atoms with Gasteiger partial charge in [-0.25, -0.2) is 4.79 Å². The summed E-state index contributed by atoms with van der Waals surface area (Å²) in [4.78, 5) is 12.3. The van der Waals surface area contributed by atoms with Gasteiger partial charge >= 0.3 is 5.63 Å².